The van der Waals surface area contributed by atoms with Crippen LogP contribution in [0, 0.1) is 6.92 Å². The summed E-state index contributed by atoms with van der Waals surface area (Å²) < 4.78 is 5.34. The third-order valence-electron chi connectivity index (χ3n) is 2.02. The highest BCUT2D eigenvalue weighted by atomic mass is 16.4. The number of oxazole rings is 1. The first kappa shape index (κ1) is 9.86. The maximum absolute atomic E-state index is 5.34. The van der Waals surface area contributed by atoms with Gasteiger partial charge in [0.25, 0.3) is 0 Å². The van der Waals surface area contributed by atoms with E-state index in [2.05, 4.69) is 15.3 Å². The van der Waals surface area contributed by atoms with Crippen LogP contribution < -0.4 is 5.32 Å². The van der Waals surface area contributed by atoms with Crippen molar-refractivity contribution in [1.82, 2.24) is 15.3 Å². The summed E-state index contributed by atoms with van der Waals surface area (Å²) in [6.45, 7) is 3.33. The van der Waals surface area contributed by atoms with Crippen molar-refractivity contribution in [2.45, 2.75) is 20.0 Å². The fourth-order valence-electron chi connectivity index (χ4n) is 1.30. The Morgan fingerprint density at radius 3 is 2.73 bits per heavy atom. The zero-order valence-corrected chi connectivity index (χ0v) is 8.60. The van der Waals surface area contributed by atoms with Gasteiger partial charge < -0.3 is 9.73 Å². The normalized spacial score (nSPS) is 10.5. The molecule has 0 aliphatic rings. The first-order chi connectivity index (χ1) is 7.34. The van der Waals surface area contributed by atoms with Crippen LogP contribution >= 0.6 is 0 Å². The second-order valence-corrected chi connectivity index (χ2v) is 3.32. The van der Waals surface area contributed by atoms with Gasteiger partial charge in [0.1, 0.15) is 5.76 Å². The molecular formula is C11H13N3O. The number of aryl methyl sites for hydroxylation is 1. The average molecular weight is 203 g/mol. The zero-order valence-electron chi connectivity index (χ0n) is 8.60. The molecule has 4 nitrogen and oxygen atoms in total. The summed E-state index contributed by atoms with van der Waals surface area (Å²) >= 11 is 0. The van der Waals surface area contributed by atoms with Gasteiger partial charge in [0.2, 0.25) is 5.89 Å². The molecule has 2 aromatic heterocycles. The van der Waals surface area contributed by atoms with Gasteiger partial charge in [-0.2, -0.15) is 0 Å². The Bertz CT molecular complexity index is 411. The van der Waals surface area contributed by atoms with E-state index >= 15 is 0 Å². The molecule has 0 aliphatic carbocycles. The fraction of sp³-hybridized carbons (Fsp3) is 0.273. The molecule has 1 N–H and O–H groups in total. The summed E-state index contributed by atoms with van der Waals surface area (Å²) in [6, 6.07) is 3.96. The molecule has 4 heteroatoms. The lowest BCUT2D eigenvalue weighted by Gasteiger charge is -2.01. The molecule has 0 saturated carbocycles. The van der Waals surface area contributed by atoms with Crippen LogP contribution in [-0.4, -0.2) is 9.97 Å². The van der Waals surface area contributed by atoms with Crippen LogP contribution in [0.15, 0.2) is 35.1 Å². The predicted octanol–water partition coefficient (Wildman–Crippen LogP) is 1.67. The minimum Gasteiger partial charge on any atom is -0.445 e. The number of nitrogens with one attached hydrogen (secondary N) is 1. The van der Waals surface area contributed by atoms with Gasteiger partial charge in [0, 0.05) is 18.9 Å². The summed E-state index contributed by atoms with van der Waals surface area (Å²) in [4.78, 5) is 8.06. The van der Waals surface area contributed by atoms with Gasteiger partial charge in [-0.25, -0.2) is 4.98 Å². The molecule has 0 saturated heterocycles. The van der Waals surface area contributed by atoms with Crippen LogP contribution in [0.25, 0.3) is 0 Å². The molecule has 0 radical (unpaired) electrons. The molecule has 0 atom stereocenters. The van der Waals surface area contributed by atoms with Crippen molar-refractivity contribution in [3.05, 3.63) is 47.9 Å². The van der Waals surface area contributed by atoms with E-state index in [0.717, 1.165) is 18.2 Å². The molecule has 0 aliphatic heterocycles. The van der Waals surface area contributed by atoms with E-state index in [-0.39, 0.29) is 0 Å². The lowest BCUT2D eigenvalue weighted by atomic mass is 10.3. The third kappa shape index (κ3) is 2.89. The van der Waals surface area contributed by atoms with E-state index in [4.69, 9.17) is 4.42 Å². The fourth-order valence-corrected chi connectivity index (χ4v) is 1.30. The largest absolute Gasteiger partial charge is 0.445 e. The van der Waals surface area contributed by atoms with E-state index in [1.165, 1.54) is 5.56 Å². The van der Waals surface area contributed by atoms with E-state index in [0.29, 0.717) is 6.54 Å². The van der Waals surface area contributed by atoms with Gasteiger partial charge in [0.15, 0.2) is 0 Å². The number of hydrogen-bond donors (Lipinski definition) is 1. The summed E-state index contributed by atoms with van der Waals surface area (Å²) in [5, 5.41) is 3.25. The lowest BCUT2D eigenvalue weighted by Crippen LogP contribution is -2.12. The molecule has 0 amide bonds. The minimum absolute atomic E-state index is 0.649. The van der Waals surface area contributed by atoms with Crippen LogP contribution in [0.4, 0.5) is 0 Å². The highest BCUT2D eigenvalue weighted by molar-refractivity contribution is 5.09. The Kier molecular flexibility index (Phi) is 3.09. The van der Waals surface area contributed by atoms with Crippen molar-refractivity contribution in [3.8, 4) is 0 Å². The Morgan fingerprint density at radius 2 is 2.07 bits per heavy atom. The van der Waals surface area contributed by atoms with Crippen molar-refractivity contribution in [2.75, 3.05) is 0 Å². The number of hydrogen-bond acceptors (Lipinski definition) is 4. The number of pyridine rings is 1. The summed E-state index contributed by atoms with van der Waals surface area (Å²) in [6.07, 6.45) is 5.29. The standard InChI is InChI=1S/C11H13N3O/c1-9-6-14-11(15-9)8-13-7-10-2-4-12-5-3-10/h2-6,13H,7-8H2,1H3. The molecule has 15 heavy (non-hydrogen) atoms. The monoisotopic (exact) mass is 203 g/mol. The van der Waals surface area contributed by atoms with Crippen LogP contribution in [-0.2, 0) is 13.1 Å². The van der Waals surface area contributed by atoms with Gasteiger partial charge in [-0.05, 0) is 24.6 Å². The molecule has 0 unspecified atom stereocenters. The lowest BCUT2D eigenvalue weighted by molar-refractivity contribution is 0.449. The Labute approximate surface area is 88.4 Å². The zero-order chi connectivity index (χ0) is 10.5. The number of aromatic nitrogens is 2. The molecule has 78 valence electrons. The minimum atomic E-state index is 0.649. The Balaban J connectivity index is 1.80. The highest BCUT2D eigenvalue weighted by Crippen LogP contribution is 2.01. The molecule has 2 rings (SSSR count). The maximum atomic E-state index is 5.34. The van der Waals surface area contributed by atoms with E-state index in [1.54, 1.807) is 18.6 Å². The van der Waals surface area contributed by atoms with Crippen molar-refractivity contribution in [2.24, 2.45) is 0 Å². The Morgan fingerprint density at radius 1 is 1.27 bits per heavy atom. The van der Waals surface area contributed by atoms with Gasteiger partial charge in [-0.15, -0.1) is 0 Å². The highest BCUT2D eigenvalue weighted by Gasteiger charge is 1.99. The van der Waals surface area contributed by atoms with E-state index < -0.39 is 0 Å². The molecule has 2 heterocycles. The molecule has 0 bridgehead atoms. The van der Waals surface area contributed by atoms with Gasteiger partial charge >= 0.3 is 0 Å². The third-order valence-corrected chi connectivity index (χ3v) is 2.02. The molecule has 0 aromatic carbocycles. The first-order valence-corrected chi connectivity index (χ1v) is 4.85. The van der Waals surface area contributed by atoms with Crippen molar-refractivity contribution < 1.29 is 4.42 Å². The maximum Gasteiger partial charge on any atom is 0.208 e. The number of rotatable bonds is 4. The van der Waals surface area contributed by atoms with Crippen LogP contribution in [0.1, 0.15) is 17.2 Å². The van der Waals surface area contributed by atoms with E-state index in [1.807, 2.05) is 19.1 Å². The van der Waals surface area contributed by atoms with Gasteiger partial charge in [-0.1, -0.05) is 0 Å². The second-order valence-electron chi connectivity index (χ2n) is 3.32. The van der Waals surface area contributed by atoms with Crippen LogP contribution in [0.5, 0.6) is 0 Å². The predicted molar refractivity (Wildman–Crippen MR) is 56.0 cm³/mol. The second kappa shape index (κ2) is 4.70. The molecule has 0 fully saturated rings. The molecule has 0 spiro atoms. The first-order valence-electron chi connectivity index (χ1n) is 4.85. The summed E-state index contributed by atoms with van der Waals surface area (Å²) in [7, 11) is 0. The Hall–Kier alpha value is -1.68. The molecule has 2 aromatic rings. The van der Waals surface area contributed by atoms with Gasteiger partial charge in [-0.3, -0.25) is 4.98 Å². The molecular weight excluding hydrogens is 190 g/mol. The van der Waals surface area contributed by atoms with Crippen LogP contribution in [0.3, 0.4) is 0 Å². The smallest absolute Gasteiger partial charge is 0.208 e. The van der Waals surface area contributed by atoms with E-state index in [9.17, 15) is 0 Å². The SMILES string of the molecule is Cc1cnc(CNCc2ccncc2)o1. The van der Waals surface area contributed by atoms with Crippen LogP contribution in [0.2, 0.25) is 0 Å². The number of nitrogens with zero attached hydrogens (tertiary/aromatic N) is 2. The van der Waals surface area contributed by atoms with Crippen molar-refractivity contribution >= 4 is 0 Å². The van der Waals surface area contributed by atoms with Crippen molar-refractivity contribution in [1.29, 1.82) is 0 Å². The average Bonchev–Trinajstić information content (AvgIpc) is 2.66. The van der Waals surface area contributed by atoms with Crippen molar-refractivity contribution in [3.63, 3.8) is 0 Å². The quantitative estimate of drug-likeness (QED) is 0.821. The van der Waals surface area contributed by atoms with Gasteiger partial charge in [0.05, 0.1) is 12.7 Å². The summed E-state index contributed by atoms with van der Waals surface area (Å²) in [5.41, 5.74) is 1.20. The topological polar surface area (TPSA) is 51.0 Å². The summed E-state index contributed by atoms with van der Waals surface area (Å²) in [5.74, 6) is 1.57.